The molecule has 27 nitrogen and oxygen atoms in total. The third-order valence-corrected chi connectivity index (χ3v) is 11.6. The molecule has 9 heterocycles. The number of halogens is 21. The topological polar surface area (TPSA) is 320 Å². The van der Waals surface area contributed by atoms with E-state index in [-0.39, 0.29) is 27.2 Å². The zero-order valence-electron chi connectivity index (χ0n) is 46.9. The predicted molar refractivity (Wildman–Crippen MR) is 247 cm³/mol. The van der Waals surface area contributed by atoms with E-state index in [9.17, 15) is 127 Å². The lowest BCUT2D eigenvalue weighted by atomic mass is 10.2. The van der Waals surface area contributed by atoms with Crippen molar-refractivity contribution >= 4 is 78.6 Å². The molecule has 92 heavy (non-hydrogen) atoms. The molecule has 0 spiro atoms. The number of cyclic esters (lactones) is 18. The van der Waals surface area contributed by atoms with Gasteiger partial charge in [-0.1, -0.05) is 51.4 Å². The van der Waals surface area contributed by atoms with Gasteiger partial charge in [-0.05, 0) is 47.5 Å². The molecule has 0 saturated carbocycles. The first kappa shape index (κ1) is 84.7. The number of ether oxygens (including phenoxy) is 18. The number of carbonyl (C=O) groups excluding carboxylic acids is 9. The lowest BCUT2D eigenvalue weighted by Crippen LogP contribution is -2.43. The number of hydrogen-bond acceptors (Lipinski definition) is 27. The Hall–Kier alpha value is -7.32. The van der Waals surface area contributed by atoms with Crippen molar-refractivity contribution in [2.45, 2.75) is 222 Å². The van der Waals surface area contributed by atoms with Crippen molar-refractivity contribution in [3.63, 3.8) is 0 Å². The molecule has 0 aliphatic carbocycles. The fraction of sp³-hybridized carbons (Fsp3) is 0.795. The van der Waals surface area contributed by atoms with E-state index >= 15 is 0 Å². The lowest BCUT2D eigenvalue weighted by molar-refractivity contribution is -0.246. The van der Waals surface area contributed by atoms with E-state index in [1.165, 1.54) is 34.6 Å². The third-order valence-electron chi connectivity index (χ3n) is 10.7. The van der Waals surface area contributed by atoms with Crippen molar-refractivity contribution in [3.05, 3.63) is 0 Å². The Kier molecular flexibility index (Phi) is 29.5. The normalized spacial score (nSPS) is 34.2. The summed E-state index contributed by atoms with van der Waals surface area (Å²) in [5, 5.41) is -2.54. The Bertz CT molecular complexity index is 2450. The van der Waals surface area contributed by atoms with Gasteiger partial charge in [-0.15, -0.1) is 0 Å². The van der Waals surface area contributed by atoms with Gasteiger partial charge in [-0.25, -0.2) is 51.9 Å². The van der Waals surface area contributed by atoms with Gasteiger partial charge in [0.25, 0.3) is 36.7 Å². The highest BCUT2D eigenvalue weighted by Crippen LogP contribution is 2.43. The molecule has 0 bridgehead atoms. The second-order valence-electron chi connectivity index (χ2n) is 18.0. The van der Waals surface area contributed by atoms with E-state index in [0.29, 0.717) is 6.42 Å². The van der Waals surface area contributed by atoms with Gasteiger partial charge < -0.3 is 85.3 Å². The molecule has 0 aromatic rings. The molecule has 9 fully saturated rings. The van der Waals surface area contributed by atoms with E-state index in [1.807, 2.05) is 0 Å². The molecule has 0 aromatic heterocycles. The second kappa shape index (κ2) is 32.0. The maximum atomic E-state index is 12.7. The molecule has 9 aliphatic rings. The summed E-state index contributed by atoms with van der Waals surface area (Å²) in [5.41, 5.74) is 0. The highest BCUT2D eigenvalue weighted by Gasteiger charge is 2.64. The molecular weight excluding hydrogens is 1390 g/mol. The molecule has 0 amide bonds. The second-order valence-corrected chi connectivity index (χ2v) is 19.5. The SMILES string of the molecule is C.CC(F)(F)C1OC(=O)OC1(F)F.CC1(Cl)OC(=O)OC1(C)Cl.CC1OC(=O)OC1(C)F.CC1OC(=O)OC1(F)F.CC1OC(=O)OC1C(F)(F)F.CCC1(F)OC(=O)OC1F.CCC1OC(=O)OC1(F)F.CCC1OC(=O)OC1F.O=C1OC(F)C(C(F)(F)F)O1. The quantitative estimate of drug-likeness (QED) is 0.109. The summed E-state index contributed by atoms with van der Waals surface area (Å²) in [7, 11) is 0. The summed E-state index contributed by atoms with van der Waals surface area (Å²) in [6.07, 6.45) is -51.6. The minimum absolute atomic E-state index is 0. The van der Waals surface area contributed by atoms with Gasteiger partial charge in [0.2, 0.25) is 28.4 Å². The monoisotopic (exact) mass is 1440 g/mol. The minimum Gasteiger partial charge on any atom is -0.427 e. The largest absolute Gasteiger partial charge is 0.514 e. The van der Waals surface area contributed by atoms with E-state index in [0.717, 1.165) is 20.8 Å². The van der Waals surface area contributed by atoms with Crippen LogP contribution in [0.25, 0.3) is 0 Å². The van der Waals surface area contributed by atoms with Crippen LogP contribution in [0.2, 0.25) is 0 Å². The molecule has 48 heteroatoms. The van der Waals surface area contributed by atoms with Crippen LogP contribution in [0.5, 0.6) is 0 Å². The fourth-order valence-corrected chi connectivity index (χ4v) is 5.71. The molecule has 0 N–H and O–H groups in total. The molecule has 0 radical (unpaired) electrons. The van der Waals surface area contributed by atoms with Crippen LogP contribution in [-0.2, 0) is 85.3 Å². The zero-order chi connectivity index (χ0) is 71.4. The lowest BCUT2D eigenvalue weighted by Gasteiger charge is -2.22. The van der Waals surface area contributed by atoms with Crippen LogP contribution in [0.1, 0.15) is 95.9 Å². The van der Waals surface area contributed by atoms with Crippen LogP contribution in [0.15, 0.2) is 0 Å². The molecule has 536 valence electrons. The summed E-state index contributed by atoms with van der Waals surface area (Å²) in [4.78, 5) is 91.1. The van der Waals surface area contributed by atoms with E-state index in [1.54, 1.807) is 6.92 Å². The summed E-state index contributed by atoms with van der Waals surface area (Å²) < 4.78 is 300. The first-order valence-electron chi connectivity index (χ1n) is 24.2. The fourth-order valence-electron chi connectivity index (χ4n) is 5.51. The van der Waals surface area contributed by atoms with Crippen molar-refractivity contribution in [3.8, 4) is 0 Å². The van der Waals surface area contributed by atoms with E-state index < -0.39 is 182 Å². The average molecular weight is 1440 g/mol. The molecule has 0 aromatic carbocycles. The van der Waals surface area contributed by atoms with Gasteiger partial charge in [-0.2, -0.15) is 74.6 Å². The van der Waals surface area contributed by atoms with Crippen molar-refractivity contribution in [2.24, 2.45) is 0 Å². The maximum Gasteiger partial charge on any atom is 0.514 e. The zero-order valence-corrected chi connectivity index (χ0v) is 48.4. The number of carbonyl (C=O) groups is 9. The predicted octanol–water partition coefficient (Wildman–Crippen LogP) is 14.0. The van der Waals surface area contributed by atoms with Crippen molar-refractivity contribution in [1.82, 2.24) is 0 Å². The number of rotatable bonds is 4. The van der Waals surface area contributed by atoms with Crippen LogP contribution in [0.3, 0.4) is 0 Å². The third kappa shape index (κ3) is 25.3. The van der Waals surface area contributed by atoms with Crippen LogP contribution < -0.4 is 0 Å². The average Bonchev–Trinajstić information content (AvgIpc) is 1.64. The summed E-state index contributed by atoms with van der Waals surface area (Å²) >= 11 is 11.3. The van der Waals surface area contributed by atoms with E-state index in [2.05, 4.69) is 85.3 Å². The first-order chi connectivity index (χ1) is 40.8. The standard InChI is InChI=1S/C5H6Cl2O3.C5H4F4O3.C5H5F3O3.2C5H6F2O3.2C5H7FO3.C4H2F4O3.C4H4F2O3.CH4/c1-4(6)5(2,7)10-3(8)9-4;1-4(6,7)2-5(8,9)12-3(10)11-2;1-2-3(5(6,7)8)11-4(9)10-2;1-2-5(7)3(6)9-4(8)10-5;1-2-3-5(6,7)10-4(8)9-3;1-3-5(2,6)9-4(7)8-3;1-2-3-4(6)9-5(7)8-3;5-2-1(4(6,7)8)10-3(9)11-2;1-2-4(5,6)9-3(7)8-2;/h1-2H3;2H,1H3;2-3H,1H3;2*3H,2H2,1H3;3H,1-2H3;3-4H,2H2,1H3;1-2H;2H,1H3;1H4. The van der Waals surface area contributed by atoms with Crippen LogP contribution in [0, 0.1) is 0 Å². The number of hydrogen-bond donors (Lipinski definition) is 0. The molecule has 9 aliphatic heterocycles. The molecule has 9 rings (SSSR count). The van der Waals surface area contributed by atoms with Crippen LogP contribution in [-0.4, -0.2) is 182 Å². The maximum absolute atomic E-state index is 12.7. The highest BCUT2D eigenvalue weighted by atomic mass is 35.5. The Morgan fingerprint density at radius 2 is 0.826 bits per heavy atom. The Labute approximate surface area is 512 Å². The molecule has 15 atom stereocenters. The summed E-state index contributed by atoms with van der Waals surface area (Å²) in [6.45, 7) is 12.5. The van der Waals surface area contributed by atoms with Gasteiger partial charge >= 0.3 is 98.3 Å². The summed E-state index contributed by atoms with van der Waals surface area (Å²) in [6, 6.07) is 0. The first-order valence-corrected chi connectivity index (χ1v) is 24.9. The molecule has 15 unspecified atom stereocenters. The van der Waals surface area contributed by atoms with Gasteiger partial charge in [0.05, 0.1) is 0 Å². The van der Waals surface area contributed by atoms with Crippen molar-refractivity contribution in [1.29, 1.82) is 0 Å². The van der Waals surface area contributed by atoms with Crippen LogP contribution in [0.4, 0.5) is 127 Å². The molecular formula is C44H51Cl2F19O27. The van der Waals surface area contributed by atoms with Crippen molar-refractivity contribution in [2.75, 3.05) is 0 Å². The van der Waals surface area contributed by atoms with E-state index in [4.69, 9.17) is 23.2 Å². The van der Waals surface area contributed by atoms with Crippen LogP contribution >= 0.6 is 23.2 Å². The van der Waals surface area contributed by atoms with Gasteiger partial charge in [0, 0.05) is 20.3 Å². The highest BCUT2D eigenvalue weighted by molar-refractivity contribution is 6.34. The Morgan fingerprint density at radius 3 is 0.989 bits per heavy atom. The number of alkyl halides is 21. The van der Waals surface area contributed by atoms with Gasteiger partial charge in [0.1, 0.15) is 6.10 Å². The van der Waals surface area contributed by atoms with Crippen molar-refractivity contribution < 1.29 is 212 Å². The molecule has 9 saturated heterocycles. The van der Waals surface area contributed by atoms with Gasteiger partial charge in [0.15, 0.2) is 12.2 Å². The Morgan fingerprint density at radius 1 is 0.424 bits per heavy atom. The van der Waals surface area contributed by atoms with Gasteiger partial charge in [-0.3, -0.25) is 0 Å². The smallest absolute Gasteiger partial charge is 0.427 e. The summed E-state index contributed by atoms with van der Waals surface area (Å²) in [5.74, 6) is -8.34. The Balaban J connectivity index is 0.00000101. The minimum atomic E-state index is -4.91.